The molecule has 0 bridgehead atoms. The Labute approximate surface area is 189 Å². The van der Waals surface area contributed by atoms with Crippen LogP contribution in [-0.2, 0) is 17.8 Å². The number of carbonyl (C=O) groups excluding carboxylic acids is 1. The van der Waals surface area contributed by atoms with Gasteiger partial charge in [0.05, 0.1) is 0 Å². The highest BCUT2D eigenvalue weighted by Gasteiger charge is 2.23. The lowest BCUT2D eigenvalue weighted by atomic mass is 10.2. The zero-order valence-corrected chi connectivity index (χ0v) is 19.2. The number of aliphatic imine (C=N–C) groups is 1. The molecule has 2 aromatic carbocycles. The van der Waals surface area contributed by atoms with E-state index in [1.165, 1.54) is 17.7 Å². The van der Waals surface area contributed by atoms with E-state index in [4.69, 9.17) is 0 Å². The molecule has 3 rings (SSSR count). The van der Waals surface area contributed by atoms with E-state index in [-0.39, 0.29) is 35.7 Å². The first-order valence-corrected chi connectivity index (χ1v) is 9.63. The third-order valence-corrected chi connectivity index (χ3v) is 4.92. The number of hydrogen-bond acceptors (Lipinski definition) is 2. The van der Waals surface area contributed by atoms with Crippen LogP contribution in [0.4, 0.5) is 10.1 Å². The van der Waals surface area contributed by atoms with E-state index in [9.17, 15) is 9.18 Å². The number of carbonyl (C=O) groups is 1. The van der Waals surface area contributed by atoms with Crippen LogP contribution in [0.5, 0.6) is 0 Å². The van der Waals surface area contributed by atoms with Crippen LogP contribution in [0.3, 0.4) is 0 Å². The molecular formula is C22H28FIN4O. The fraction of sp³-hybridized carbons (Fsp3) is 0.364. The number of rotatable bonds is 6. The quantitative estimate of drug-likeness (QED) is 0.278. The molecule has 2 aromatic rings. The molecule has 0 fully saturated rings. The number of para-hydroxylation sites is 1. The number of guanidine groups is 1. The van der Waals surface area contributed by atoms with E-state index in [0.29, 0.717) is 19.5 Å². The monoisotopic (exact) mass is 510 g/mol. The first-order chi connectivity index (χ1) is 13.6. The van der Waals surface area contributed by atoms with Crippen molar-refractivity contribution in [2.75, 3.05) is 32.1 Å². The normalized spacial score (nSPS) is 12.9. The summed E-state index contributed by atoms with van der Waals surface area (Å²) in [5.41, 5.74) is 3.17. The van der Waals surface area contributed by atoms with Crippen LogP contribution in [-0.4, -0.2) is 44.0 Å². The van der Waals surface area contributed by atoms with Crippen molar-refractivity contribution < 1.29 is 9.18 Å². The second-order valence-corrected chi connectivity index (χ2v) is 6.99. The predicted octanol–water partition coefficient (Wildman–Crippen LogP) is 3.82. The Morgan fingerprint density at radius 3 is 2.79 bits per heavy atom. The van der Waals surface area contributed by atoms with E-state index in [2.05, 4.69) is 16.4 Å². The zero-order chi connectivity index (χ0) is 19.9. The van der Waals surface area contributed by atoms with Crippen LogP contribution in [0, 0.1) is 5.82 Å². The van der Waals surface area contributed by atoms with Crippen molar-refractivity contribution in [1.29, 1.82) is 0 Å². The van der Waals surface area contributed by atoms with E-state index in [0.717, 1.165) is 36.6 Å². The van der Waals surface area contributed by atoms with Gasteiger partial charge < -0.3 is 15.1 Å². The first kappa shape index (κ1) is 23.1. The van der Waals surface area contributed by atoms with Crippen molar-refractivity contribution in [1.82, 2.24) is 10.2 Å². The van der Waals surface area contributed by atoms with Gasteiger partial charge in [0.15, 0.2) is 5.96 Å². The Morgan fingerprint density at radius 1 is 1.24 bits per heavy atom. The molecule has 1 amide bonds. The maximum Gasteiger partial charge on any atom is 0.227 e. The number of hydrogen-bond donors (Lipinski definition) is 1. The lowest BCUT2D eigenvalue weighted by Gasteiger charge is -2.22. The molecule has 0 saturated carbocycles. The fourth-order valence-corrected chi connectivity index (χ4v) is 3.54. The Morgan fingerprint density at radius 2 is 2.03 bits per heavy atom. The minimum atomic E-state index is -0.240. The summed E-state index contributed by atoms with van der Waals surface area (Å²) in [6.45, 7) is 1.98. The summed E-state index contributed by atoms with van der Waals surface area (Å²) in [5, 5.41) is 3.28. The largest absolute Gasteiger partial charge is 0.356 e. The van der Waals surface area contributed by atoms with Crippen LogP contribution >= 0.6 is 24.0 Å². The van der Waals surface area contributed by atoms with Crippen molar-refractivity contribution >= 4 is 41.5 Å². The van der Waals surface area contributed by atoms with Gasteiger partial charge in [0.2, 0.25) is 5.91 Å². The molecule has 156 valence electrons. The van der Waals surface area contributed by atoms with Gasteiger partial charge in [-0.3, -0.25) is 9.79 Å². The topological polar surface area (TPSA) is 47.9 Å². The van der Waals surface area contributed by atoms with Crippen LogP contribution in [0.15, 0.2) is 53.5 Å². The average molecular weight is 510 g/mol. The average Bonchev–Trinajstić information content (AvgIpc) is 3.12. The van der Waals surface area contributed by atoms with E-state index in [1.54, 1.807) is 13.1 Å². The molecule has 0 spiro atoms. The fourth-order valence-electron chi connectivity index (χ4n) is 3.54. The Hall–Kier alpha value is -2.16. The number of anilines is 1. The molecule has 0 aromatic heterocycles. The van der Waals surface area contributed by atoms with Gasteiger partial charge in [-0.15, -0.1) is 24.0 Å². The number of amides is 1. The molecule has 29 heavy (non-hydrogen) atoms. The summed E-state index contributed by atoms with van der Waals surface area (Å²) < 4.78 is 13.3. The molecule has 0 atom stereocenters. The summed E-state index contributed by atoms with van der Waals surface area (Å²) in [4.78, 5) is 20.7. The molecule has 0 aliphatic carbocycles. The van der Waals surface area contributed by atoms with Crippen LogP contribution in [0.2, 0.25) is 0 Å². The maximum atomic E-state index is 13.3. The lowest BCUT2D eigenvalue weighted by Crippen LogP contribution is -2.39. The summed E-state index contributed by atoms with van der Waals surface area (Å²) in [5.74, 6) is 0.647. The van der Waals surface area contributed by atoms with Crippen LogP contribution < -0.4 is 10.2 Å². The van der Waals surface area contributed by atoms with Crippen LogP contribution in [0.25, 0.3) is 0 Å². The Kier molecular flexibility index (Phi) is 8.88. The third kappa shape index (κ3) is 6.16. The smallest absolute Gasteiger partial charge is 0.227 e. The number of nitrogens with one attached hydrogen (secondary N) is 1. The van der Waals surface area contributed by atoms with E-state index < -0.39 is 0 Å². The van der Waals surface area contributed by atoms with E-state index >= 15 is 0 Å². The predicted molar refractivity (Wildman–Crippen MR) is 126 cm³/mol. The molecule has 7 heteroatoms. The SMILES string of the molecule is CN=C(NCCCC(=O)N1CCc2ccccc21)N(C)Cc1cccc(F)c1.I. The van der Waals surface area contributed by atoms with Crippen molar-refractivity contribution in [3.63, 3.8) is 0 Å². The van der Waals surface area contributed by atoms with Crippen LogP contribution in [0.1, 0.15) is 24.0 Å². The lowest BCUT2D eigenvalue weighted by molar-refractivity contribution is -0.118. The number of fused-ring (bicyclic) bond motifs is 1. The summed E-state index contributed by atoms with van der Waals surface area (Å²) in [6, 6.07) is 14.6. The molecule has 1 aliphatic heterocycles. The van der Waals surface area contributed by atoms with Gasteiger partial charge in [-0.25, -0.2) is 4.39 Å². The third-order valence-electron chi connectivity index (χ3n) is 4.92. The van der Waals surface area contributed by atoms with Gasteiger partial charge in [0, 0.05) is 45.8 Å². The minimum Gasteiger partial charge on any atom is -0.356 e. The summed E-state index contributed by atoms with van der Waals surface area (Å²) in [7, 11) is 3.63. The highest BCUT2D eigenvalue weighted by atomic mass is 127. The Bertz CT molecular complexity index is 858. The van der Waals surface area contributed by atoms with E-state index in [1.807, 2.05) is 41.1 Å². The number of benzene rings is 2. The summed E-state index contributed by atoms with van der Waals surface area (Å²) >= 11 is 0. The highest BCUT2D eigenvalue weighted by Crippen LogP contribution is 2.27. The molecule has 5 nitrogen and oxygen atoms in total. The van der Waals surface area contributed by atoms with Gasteiger partial charge in [0.1, 0.15) is 5.82 Å². The molecule has 0 unspecified atom stereocenters. The molecule has 1 heterocycles. The van der Waals surface area contributed by atoms with Gasteiger partial charge in [-0.2, -0.15) is 0 Å². The van der Waals surface area contributed by atoms with Crippen molar-refractivity contribution in [3.05, 3.63) is 65.5 Å². The van der Waals surface area contributed by atoms with Gasteiger partial charge in [-0.05, 0) is 42.2 Å². The van der Waals surface area contributed by atoms with Gasteiger partial charge in [-0.1, -0.05) is 30.3 Å². The molecule has 0 saturated heterocycles. The second kappa shape index (κ2) is 11.1. The number of halogens is 2. The number of nitrogens with zero attached hydrogens (tertiary/aromatic N) is 3. The standard InChI is InChI=1S/C22H27FN4O.HI/c1-24-22(26(2)16-17-7-5-9-19(23)15-17)25-13-6-11-21(28)27-14-12-18-8-3-4-10-20(18)27;/h3-5,7-10,15H,6,11-14,16H2,1-2H3,(H,24,25);1H. The van der Waals surface area contributed by atoms with Gasteiger partial charge in [0.25, 0.3) is 0 Å². The zero-order valence-electron chi connectivity index (χ0n) is 16.9. The highest BCUT2D eigenvalue weighted by molar-refractivity contribution is 14.0. The Balaban J connectivity index is 0.00000300. The first-order valence-electron chi connectivity index (χ1n) is 9.63. The maximum absolute atomic E-state index is 13.3. The molecular weight excluding hydrogens is 482 g/mol. The van der Waals surface area contributed by atoms with Crippen molar-refractivity contribution in [2.45, 2.75) is 25.8 Å². The minimum absolute atomic E-state index is 0. The second-order valence-electron chi connectivity index (χ2n) is 6.99. The summed E-state index contributed by atoms with van der Waals surface area (Å²) in [6.07, 6.45) is 2.15. The van der Waals surface area contributed by atoms with Crippen molar-refractivity contribution in [2.24, 2.45) is 4.99 Å². The molecule has 0 radical (unpaired) electrons. The molecule has 1 N–H and O–H groups in total. The molecule has 1 aliphatic rings. The van der Waals surface area contributed by atoms with Crippen molar-refractivity contribution in [3.8, 4) is 0 Å². The van der Waals surface area contributed by atoms with Gasteiger partial charge >= 0.3 is 0 Å².